The summed E-state index contributed by atoms with van der Waals surface area (Å²) in [4.78, 5) is 11.0. The maximum Gasteiger partial charge on any atom is 0.185 e. The highest BCUT2D eigenvalue weighted by Gasteiger charge is 2.19. The summed E-state index contributed by atoms with van der Waals surface area (Å²) in [5.74, 6) is 0. The maximum absolute atomic E-state index is 4.72. The van der Waals surface area contributed by atoms with Gasteiger partial charge in [0.15, 0.2) is 5.13 Å². The number of aromatic nitrogens is 1. The monoisotopic (exact) mass is 268 g/mol. The fourth-order valence-electron chi connectivity index (χ4n) is 2.21. The van der Waals surface area contributed by atoms with Crippen molar-refractivity contribution in [1.82, 2.24) is 15.2 Å². The molecule has 102 valence electrons. The summed E-state index contributed by atoms with van der Waals surface area (Å²) in [6.45, 7) is 14.2. The Morgan fingerprint density at radius 3 is 2.56 bits per heavy atom. The molecule has 1 fully saturated rings. The van der Waals surface area contributed by atoms with Crippen LogP contribution in [0.15, 0.2) is 0 Å². The molecule has 1 aliphatic heterocycles. The van der Waals surface area contributed by atoms with Gasteiger partial charge in [0, 0.05) is 37.6 Å². The maximum atomic E-state index is 4.72. The van der Waals surface area contributed by atoms with Gasteiger partial charge in [-0.3, -0.25) is 0 Å². The van der Waals surface area contributed by atoms with Gasteiger partial charge in [0.2, 0.25) is 0 Å². The van der Waals surface area contributed by atoms with E-state index in [1.807, 2.05) is 11.3 Å². The Balaban J connectivity index is 1.97. The highest BCUT2D eigenvalue weighted by atomic mass is 32.1. The largest absolute Gasteiger partial charge is 0.346 e. The van der Waals surface area contributed by atoms with Crippen LogP contribution in [0, 0.1) is 6.92 Å². The highest BCUT2D eigenvalue weighted by molar-refractivity contribution is 7.15. The van der Waals surface area contributed by atoms with Crippen LogP contribution in [0.2, 0.25) is 0 Å². The molecule has 5 heteroatoms. The second-order valence-electron chi connectivity index (χ2n) is 4.71. The standard InChI is InChI=1S/C13H24N4S/c1-4-14-10-12-11(3)15-13(18-12)17-8-6-16(5-2)7-9-17/h14H,4-10H2,1-3H3. The van der Waals surface area contributed by atoms with Gasteiger partial charge in [-0.25, -0.2) is 4.98 Å². The molecular weight excluding hydrogens is 244 g/mol. The van der Waals surface area contributed by atoms with E-state index < -0.39 is 0 Å². The molecule has 0 amide bonds. The number of likely N-dealkylation sites (N-methyl/N-ethyl adjacent to an activating group) is 1. The van der Waals surface area contributed by atoms with Crippen LogP contribution < -0.4 is 10.2 Å². The van der Waals surface area contributed by atoms with Crippen molar-refractivity contribution in [3.8, 4) is 0 Å². The van der Waals surface area contributed by atoms with Crippen molar-refractivity contribution < 1.29 is 0 Å². The van der Waals surface area contributed by atoms with Crippen molar-refractivity contribution >= 4 is 16.5 Å². The van der Waals surface area contributed by atoms with Gasteiger partial charge in [0.1, 0.15) is 0 Å². The van der Waals surface area contributed by atoms with E-state index in [0.29, 0.717) is 0 Å². The van der Waals surface area contributed by atoms with Gasteiger partial charge in [0.05, 0.1) is 5.69 Å². The molecule has 0 saturated carbocycles. The zero-order valence-electron chi connectivity index (χ0n) is 11.7. The molecule has 0 atom stereocenters. The normalized spacial score (nSPS) is 17.4. The van der Waals surface area contributed by atoms with Crippen molar-refractivity contribution in [2.45, 2.75) is 27.3 Å². The minimum absolute atomic E-state index is 0.953. The van der Waals surface area contributed by atoms with E-state index in [1.165, 1.54) is 15.7 Å². The van der Waals surface area contributed by atoms with Crippen LogP contribution in [-0.4, -0.2) is 49.2 Å². The number of thiazole rings is 1. The summed E-state index contributed by atoms with van der Waals surface area (Å²) < 4.78 is 0. The molecule has 1 aromatic rings. The lowest BCUT2D eigenvalue weighted by Gasteiger charge is -2.33. The molecule has 2 rings (SSSR count). The molecule has 0 aliphatic carbocycles. The molecule has 2 heterocycles. The Bertz CT molecular complexity index is 369. The molecule has 0 bridgehead atoms. The summed E-state index contributed by atoms with van der Waals surface area (Å²) in [5, 5.41) is 4.59. The van der Waals surface area contributed by atoms with Gasteiger partial charge in [-0.05, 0) is 20.0 Å². The van der Waals surface area contributed by atoms with Crippen LogP contribution in [0.4, 0.5) is 5.13 Å². The number of nitrogens with zero attached hydrogens (tertiary/aromatic N) is 3. The van der Waals surface area contributed by atoms with Crippen LogP contribution in [0.25, 0.3) is 0 Å². The first-order valence-electron chi connectivity index (χ1n) is 6.89. The number of anilines is 1. The first-order valence-corrected chi connectivity index (χ1v) is 7.70. The van der Waals surface area contributed by atoms with Crippen LogP contribution in [0.1, 0.15) is 24.4 Å². The molecular formula is C13H24N4S. The molecule has 1 aromatic heterocycles. The SMILES string of the molecule is CCNCc1sc(N2CCN(CC)CC2)nc1C. The number of piperazine rings is 1. The molecule has 1 saturated heterocycles. The zero-order chi connectivity index (χ0) is 13.0. The van der Waals surface area contributed by atoms with E-state index in [2.05, 4.69) is 35.9 Å². The van der Waals surface area contributed by atoms with Crippen molar-refractivity contribution in [2.75, 3.05) is 44.2 Å². The van der Waals surface area contributed by atoms with Gasteiger partial charge in [-0.2, -0.15) is 0 Å². The van der Waals surface area contributed by atoms with Gasteiger partial charge in [0.25, 0.3) is 0 Å². The fraction of sp³-hybridized carbons (Fsp3) is 0.769. The lowest BCUT2D eigenvalue weighted by molar-refractivity contribution is 0.271. The van der Waals surface area contributed by atoms with Crippen molar-refractivity contribution in [3.05, 3.63) is 10.6 Å². The van der Waals surface area contributed by atoms with Crippen molar-refractivity contribution in [1.29, 1.82) is 0 Å². The molecule has 4 nitrogen and oxygen atoms in total. The number of nitrogens with one attached hydrogen (secondary N) is 1. The first-order chi connectivity index (χ1) is 8.74. The summed E-state index contributed by atoms with van der Waals surface area (Å²) >= 11 is 1.85. The van der Waals surface area contributed by atoms with Crippen molar-refractivity contribution in [2.24, 2.45) is 0 Å². The molecule has 1 N–H and O–H groups in total. The van der Waals surface area contributed by atoms with Gasteiger partial charge >= 0.3 is 0 Å². The summed E-state index contributed by atoms with van der Waals surface area (Å²) in [6, 6.07) is 0. The lowest BCUT2D eigenvalue weighted by Crippen LogP contribution is -2.46. The van der Waals surface area contributed by atoms with E-state index in [0.717, 1.165) is 45.8 Å². The van der Waals surface area contributed by atoms with E-state index in [-0.39, 0.29) is 0 Å². The van der Waals surface area contributed by atoms with Crippen molar-refractivity contribution in [3.63, 3.8) is 0 Å². The zero-order valence-corrected chi connectivity index (χ0v) is 12.5. The number of hydrogen-bond acceptors (Lipinski definition) is 5. The third kappa shape index (κ3) is 3.22. The first kappa shape index (κ1) is 13.8. The van der Waals surface area contributed by atoms with E-state index in [1.54, 1.807) is 0 Å². The third-order valence-corrected chi connectivity index (χ3v) is 4.73. The number of aryl methyl sites for hydroxylation is 1. The molecule has 0 spiro atoms. The van der Waals surface area contributed by atoms with Gasteiger partial charge < -0.3 is 15.1 Å². The Morgan fingerprint density at radius 2 is 1.94 bits per heavy atom. The summed E-state index contributed by atoms with van der Waals surface area (Å²) in [6.07, 6.45) is 0. The van der Waals surface area contributed by atoms with Crippen LogP contribution >= 0.6 is 11.3 Å². The second-order valence-corrected chi connectivity index (χ2v) is 5.77. The quantitative estimate of drug-likeness (QED) is 0.881. The van der Waals surface area contributed by atoms with Gasteiger partial charge in [-0.15, -0.1) is 11.3 Å². The topological polar surface area (TPSA) is 31.4 Å². The summed E-state index contributed by atoms with van der Waals surface area (Å²) in [5.41, 5.74) is 1.19. The Morgan fingerprint density at radius 1 is 1.22 bits per heavy atom. The number of rotatable bonds is 5. The lowest BCUT2D eigenvalue weighted by atomic mass is 10.3. The Labute approximate surface area is 114 Å². The molecule has 0 unspecified atom stereocenters. The van der Waals surface area contributed by atoms with E-state index in [4.69, 9.17) is 4.98 Å². The smallest absolute Gasteiger partial charge is 0.185 e. The average molecular weight is 268 g/mol. The van der Waals surface area contributed by atoms with Crippen LogP contribution in [0.3, 0.4) is 0 Å². The minimum atomic E-state index is 0.953. The van der Waals surface area contributed by atoms with E-state index in [9.17, 15) is 0 Å². The van der Waals surface area contributed by atoms with Crippen LogP contribution in [0.5, 0.6) is 0 Å². The van der Waals surface area contributed by atoms with Crippen LogP contribution in [-0.2, 0) is 6.54 Å². The average Bonchev–Trinajstić information content (AvgIpc) is 2.78. The second kappa shape index (κ2) is 6.50. The molecule has 0 aromatic carbocycles. The minimum Gasteiger partial charge on any atom is -0.346 e. The third-order valence-electron chi connectivity index (χ3n) is 3.51. The molecule has 1 aliphatic rings. The predicted octanol–water partition coefficient (Wildman–Crippen LogP) is 1.70. The van der Waals surface area contributed by atoms with E-state index >= 15 is 0 Å². The number of hydrogen-bond donors (Lipinski definition) is 1. The highest BCUT2D eigenvalue weighted by Crippen LogP contribution is 2.26. The molecule has 18 heavy (non-hydrogen) atoms. The predicted molar refractivity (Wildman–Crippen MR) is 78.6 cm³/mol. The fourth-order valence-corrected chi connectivity index (χ4v) is 3.29. The summed E-state index contributed by atoms with van der Waals surface area (Å²) in [7, 11) is 0. The Hall–Kier alpha value is -0.650. The molecule has 0 radical (unpaired) electrons. The van der Waals surface area contributed by atoms with Gasteiger partial charge in [-0.1, -0.05) is 13.8 Å². The Kier molecular flexibility index (Phi) is 4.97.